The topological polar surface area (TPSA) is 88.3 Å². The molecule has 8 heteroatoms. The van der Waals surface area contributed by atoms with Crippen LogP contribution in [-0.4, -0.2) is 37.0 Å². The van der Waals surface area contributed by atoms with Crippen LogP contribution >= 0.6 is 11.6 Å². The average molecular weight is 453 g/mol. The molecule has 1 saturated heterocycles. The monoisotopic (exact) mass is 452 g/mol. The third-order valence-electron chi connectivity index (χ3n) is 5.76. The number of benzene rings is 1. The lowest BCUT2D eigenvalue weighted by Gasteiger charge is -2.25. The number of nitrogens with zero attached hydrogens (tertiary/aromatic N) is 4. The van der Waals surface area contributed by atoms with Crippen molar-refractivity contribution in [3.63, 3.8) is 0 Å². The second kappa shape index (κ2) is 9.53. The summed E-state index contributed by atoms with van der Waals surface area (Å²) < 4.78 is 1.51. The van der Waals surface area contributed by atoms with Crippen molar-refractivity contribution in [1.82, 2.24) is 19.4 Å². The fourth-order valence-corrected chi connectivity index (χ4v) is 4.46. The van der Waals surface area contributed by atoms with Gasteiger partial charge in [-0.1, -0.05) is 23.7 Å². The fourth-order valence-electron chi connectivity index (χ4n) is 4.25. The average Bonchev–Trinajstić information content (AvgIpc) is 3.23. The van der Waals surface area contributed by atoms with Crippen LogP contribution in [-0.2, 0) is 17.8 Å². The Morgan fingerprint density at radius 2 is 2.09 bits per heavy atom. The number of aryl methyl sites for hydroxylation is 1. The molecule has 1 aliphatic heterocycles. The van der Waals surface area contributed by atoms with E-state index >= 15 is 0 Å². The van der Waals surface area contributed by atoms with Crippen LogP contribution in [0.4, 0.5) is 0 Å². The first kappa shape index (κ1) is 22.0. The normalized spacial score (nSPS) is 15.8. The molecule has 7 nitrogen and oxygen atoms in total. The number of carbonyl (C=O) groups excluding carboxylic acids is 1. The van der Waals surface area contributed by atoms with Gasteiger partial charge in [-0.25, -0.2) is 0 Å². The van der Waals surface area contributed by atoms with E-state index in [-0.39, 0.29) is 36.2 Å². The Balaban J connectivity index is 1.46. The highest BCUT2D eigenvalue weighted by atomic mass is 35.5. The Morgan fingerprint density at radius 1 is 1.25 bits per heavy atom. The number of aromatic hydroxyl groups is 1. The van der Waals surface area contributed by atoms with Crippen LogP contribution in [0.1, 0.15) is 47.9 Å². The van der Waals surface area contributed by atoms with Crippen LogP contribution in [0.5, 0.6) is 5.75 Å². The summed E-state index contributed by atoms with van der Waals surface area (Å²) in [5, 5.41) is 10.2. The van der Waals surface area contributed by atoms with Crippen LogP contribution in [0.15, 0.2) is 53.6 Å². The summed E-state index contributed by atoms with van der Waals surface area (Å²) >= 11 is 6.09. The van der Waals surface area contributed by atoms with Crippen LogP contribution in [0, 0.1) is 6.92 Å². The van der Waals surface area contributed by atoms with Gasteiger partial charge in [0, 0.05) is 48.9 Å². The van der Waals surface area contributed by atoms with E-state index in [0.29, 0.717) is 23.7 Å². The number of likely N-dealkylation sites (tertiary alicyclic amines) is 1. The van der Waals surface area contributed by atoms with E-state index < -0.39 is 0 Å². The molecule has 0 spiro atoms. The summed E-state index contributed by atoms with van der Waals surface area (Å²) in [7, 11) is 0. The molecule has 3 aromatic rings. The fraction of sp³-hybridized carbons (Fsp3) is 0.333. The zero-order valence-corrected chi connectivity index (χ0v) is 18.6. The maximum absolute atomic E-state index is 13.0. The first-order valence-corrected chi connectivity index (χ1v) is 11.0. The van der Waals surface area contributed by atoms with Crippen LogP contribution < -0.4 is 5.56 Å². The highest BCUT2D eigenvalue weighted by molar-refractivity contribution is 6.30. The molecule has 1 aliphatic rings. The zero-order chi connectivity index (χ0) is 22.7. The number of carbonyl (C=O) groups is 1. The highest BCUT2D eigenvalue weighted by Crippen LogP contribution is 2.31. The predicted octanol–water partition coefficient (Wildman–Crippen LogP) is 3.65. The molecule has 166 valence electrons. The molecular weight excluding hydrogens is 428 g/mol. The predicted molar refractivity (Wildman–Crippen MR) is 122 cm³/mol. The van der Waals surface area contributed by atoms with E-state index in [1.807, 2.05) is 29.2 Å². The van der Waals surface area contributed by atoms with Crippen molar-refractivity contribution in [2.75, 3.05) is 6.54 Å². The second-order valence-corrected chi connectivity index (χ2v) is 8.52. The minimum atomic E-state index is -0.312. The van der Waals surface area contributed by atoms with Crippen molar-refractivity contribution in [2.45, 2.75) is 45.2 Å². The number of amides is 1. The Hall–Kier alpha value is -3.19. The number of rotatable bonds is 6. The number of hydrogen-bond acceptors (Lipinski definition) is 5. The number of halogens is 1. The molecule has 0 saturated carbocycles. The van der Waals surface area contributed by atoms with Crippen molar-refractivity contribution in [2.24, 2.45) is 0 Å². The minimum Gasteiger partial charge on any atom is -0.508 e. The van der Waals surface area contributed by atoms with E-state index in [4.69, 9.17) is 16.6 Å². The van der Waals surface area contributed by atoms with Gasteiger partial charge in [0.2, 0.25) is 5.91 Å². The van der Waals surface area contributed by atoms with Gasteiger partial charge < -0.3 is 14.6 Å². The van der Waals surface area contributed by atoms with Gasteiger partial charge in [-0.3, -0.25) is 19.6 Å². The summed E-state index contributed by atoms with van der Waals surface area (Å²) in [5.74, 6) is -0.0835. The van der Waals surface area contributed by atoms with E-state index in [1.54, 1.807) is 19.3 Å². The van der Waals surface area contributed by atoms with Gasteiger partial charge in [0.15, 0.2) is 0 Å². The maximum atomic E-state index is 13.0. The first-order valence-electron chi connectivity index (χ1n) is 10.7. The smallest absolute Gasteiger partial charge is 0.254 e. The molecule has 1 amide bonds. The lowest BCUT2D eigenvalue weighted by Crippen LogP contribution is -2.33. The summed E-state index contributed by atoms with van der Waals surface area (Å²) in [5.41, 5.74) is 2.98. The molecule has 0 unspecified atom stereocenters. The maximum Gasteiger partial charge on any atom is 0.254 e. The molecule has 32 heavy (non-hydrogen) atoms. The Labute approximate surface area is 191 Å². The largest absolute Gasteiger partial charge is 0.508 e. The zero-order valence-electron chi connectivity index (χ0n) is 17.9. The van der Waals surface area contributed by atoms with Crippen LogP contribution in [0.25, 0.3) is 0 Å². The quantitative estimate of drug-likeness (QED) is 0.616. The molecular formula is C24H25ClN4O3. The third kappa shape index (κ3) is 4.99. The van der Waals surface area contributed by atoms with Crippen LogP contribution in [0.2, 0.25) is 5.02 Å². The van der Waals surface area contributed by atoms with E-state index in [0.717, 1.165) is 35.9 Å². The summed E-state index contributed by atoms with van der Waals surface area (Å²) in [4.78, 5) is 36.1. The third-order valence-corrected chi connectivity index (χ3v) is 6.00. The van der Waals surface area contributed by atoms with Gasteiger partial charge in [0.1, 0.15) is 5.75 Å². The highest BCUT2D eigenvalue weighted by Gasteiger charge is 2.31. The molecule has 0 aliphatic carbocycles. The second-order valence-electron chi connectivity index (χ2n) is 8.08. The van der Waals surface area contributed by atoms with Crippen molar-refractivity contribution in [3.05, 3.63) is 86.8 Å². The van der Waals surface area contributed by atoms with Gasteiger partial charge >= 0.3 is 0 Å². The lowest BCUT2D eigenvalue weighted by molar-refractivity contribution is -0.132. The summed E-state index contributed by atoms with van der Waals surface area (Å²) in [6.45, 7) is 2.67. The van der Waals surface area contributed by atoms with E-state index in [1.165, 1.54) is 10.6 Å². The molecule has 1 N–H and O–H groups in total. The molecule has 0 bridgehead atoms. The lowest BCUT2D eigenvalue weighted by atomic mass is 10.1. The van der Waals surface area contributed by atoms with Crippen molar-refractivity contribution in [3.8, 4) is 5.75 Å². The standard InChI is InChI=1S/C24H25ClN4O3/c1-16-10-20(30)13-24(32)28(16)9-7-23(31)29-8-3-6-22(29)21-15-26-14-19(27-21)12-17-4-2-5-18(25)11-17/h2,4-5,10-11,13-15,22,30H,3,6-9,12H2,1H3/t22-/m1/s1. The van der Waals surface area contributed by atoms with Crippen LogP contribution in [0.3, 0.4) is 0 Å². The first-order chi connectivity index (χ1) is 15.4. The van der Waals surface area contributed by atoms with Crippen molar-refractivity contribution >= 4 is 17.5 Å². The van der Waals surface area contributed by atoms with Crippen molar-refractivity contribution in [1.29, 1.82) is 0 Å². The summed E-state index contributed by atoms with van der Waals surface area (Å²) in [6, 6.07) is 10.2. The van der Waals surface area contributed by atoms with E-state index in [9.17, 15) is 14.7 Å². The van der Waals surface area contributed by atoms with Gasteiger partial charge in [0.25, 0.3) is 5.56 Å². The SMILES string of the molecule is Cc1cc(O)cc(=O)n1CCC(=O)N1CCC[C@@H]1c1cncc(Cc2cccc(Cl)c2)n1. The number of aromatic nitrogens is 3. The minimum absolute atomic E-state index is 0.0195. The Kier molecular flexibility index (Phi) is 6.55. The van der Waals surface area contributed by atoms with Gasteiger partial charge in [-0.05, 0) is 43.5 Å². The molecule has 3 heterocycles. The van der Waals surface area contributed by atoms with E-state index in [2.05, 4.69) is 4.98 Å². The van der Waals surface area contributed by atoms with Gasteiger partial charge in [0.05, 0.1) is 23.6 Å². The van der Waals surface area contributed by atoms with Crippen molar-refractivity contribution < 1.29 is 9.90 Å². The number of pyridine rings is 1. The summed E-state index contributed by atoms with van der Waals surface area (Å²) in [6.07, 6.45) is 6.02. The Morgan fingerprint density at radius 3 is 2.88 bits per heavy atom. The van der Waals surface area contributed by atoms with Gasteiger partial charge in [-0.2, -0.15) is 0 Å². The molecule has 2 aromatic heterocycles. The molecule has 4 rings (SSSR count). The molecule has 1 fully saturated rings. The molecule has 1 atom stereocenters. The molecule has 1 aromatic carbocycles. The Bertz CT molecular complexity index is 1190. The number of hydrogen-bond donors (Lipinski definition) is 1. The molecule has 0 radical (unpaired) electrons. The van der Waals surface area contributed by atoms with Gasteiger partial charge in [-0.15, -0.1) is 0 Å².